The van der Waals surface area contributed by atoms with Crippen LogP contribution in [0.15, 0.2) is 6.07 Å². The van der Waals surface area contributed by atoms with Crippen molar-refractivity contribution in [2.45, 2.75) is 34.4 Å². The Hall–Kier alpha value is -0.720. The second-order valence-electron chi connectivity index (χ2n) is 11.9. The number of aliphatic hydroxyl groups is 8. The van der Waals surface area contributed by atoms with Crippen LogP contribution in [0.3, 0.4) is 0 Å². The zero-order valence-corrected chi connectivity index (χ0v) is 43.1. The number of benzene rings is 2. The normalized spacial score (nSPS) is 14.2. The second kappa shape index (κ2) is 26.2. The van der Waals surface area contributed by atoms with E-state index in [0.717, 1.165) is 0 Å². The summed E-state index contributed by atoms with van der Waals surface area (Å²) >= 11 is 10.3. The average Bonchev–Trinajstić information content (AvgIpc) is 3.20. The molecule has 0 saturated carbocycles. The van der Waals surface area contributed by atoms with E-state index in [-0.39, 0.29) is 64.6 Å². The van der Waals surface area contributed by atoms with E-state index in [4.69, 9.17) is 9.84 Å². The van der Waals surface area contributed by atoms with Gasteiger partial charge in [0.05, 0.1) is 111 Å². The van der Waals surface area contributed by atoms with E-state index in [0.29, 0.717) is 0 Å². The zero-order chi connectivity index (χ0) is 44.9. The Balaban J connectivity index is 2.66. The minimum absolute atomic E-state index is 0.0125. The summed E-state index contributed by atoms with van der Waals surface area (Å²) in [6.45, 7) is -4.60. The van der Waals surface area contributed by atoms with E-state index in [9.17, 15) is 64.5 Å². The van der Waals surface area contributed by atoms with Gasteiger partial charge < -0.3 is 77.5 Å². The highest BCUT2D eigenvalue weighted by atomic mass is 127. The first kappa shape index (κ1) is 54.4. The van der Waals surface area contributed by atoms with E-state index < -0.39 is 103 Å². The van der Waals surface area contributed by atoms with E-state index in [1.807, 2.05) is 0 Å². The molecule has 0 fully saturated rings. The molecule has 0 heterocycles. The molecule has 59 heavy (non-hydrogen) atoms. The van der Waals surface area contributed by atoms with Crippen LogP contribution in [-0.2, 0) is 14.3 Å². The maximum absolute atomic E-state index is 13.8. The van der Waals surface area contributed by atoms with Crippen molar-refractivity contribution >= 4 is 182 Å². The summed E-state index contributed by atoms with van der Waals surface area (Å²) in [6.07, 6.45) is -4.46. The number of hydrogen-bond acceptors (Lipinski definition) is 15. The Labute approximate surface area is 417 Å². The molecule has 6 atom stereocenters. The van der Waals surface area contributed by atoms with Crippen LogP contribution >= 0.6 is 136 Å². The predicted octanol–water partition coefficient (Wildman–Crippen LogP) is -1.61. The highest BCUT2D eigenvalue weighted by Crippen LogP contribution is 2.37. The lowest BCUT2D eigenvalue weighted by Gasteiger charge is -2.25. The van der Waals surface area contributed by atoms with Crippen molar-refractivity contribution in [3.63, 3.8) is 0 Å². The van der Waals surface area contributed by atoms with Gasteiger partial charge in [0.25, 0.3) is 29.5 Å². The standard InChI is InChI=1S/C32H38I6N6O15/c1-59-9-17(53)42-25-20(33)11(28(54)39-3-10(50)4-45)2-12(21(25)34)29(55)44-27(38)32(58)43-26-23(36)18(30(56)40-13(5-46)15(51)7-48)22(35)19(24(26)37)31(57)41-14(6-47)16(52)8-49/h2,10,13-16,27,45-52H,3-9H2,1H3,(H,39,54)(H,40,56)(H,41,57)(H,42,53)(H,43,58)(H,44,55). The molecule has 14 N–H and O–H groups in total. The van der Waals surface area contributed by atoms with Crippen LogP contribution in [0.4, 0.5) is 11.4 Å². The number of amides is 6. The Morgan fingerprint density at radius 2 is 1.07 bits per heavy atom. The maximum Gasteiger partial charge on any atom is 0.257 e. The van der Waals surface area contributed by atoms with Crippen molar-refractivity contribution in [1.29, 1.82) is 0 Å². The van der Waals surface area contributed by atoms with E-state index >= 15 is 0 Å². The van der Waals surface area contributed by atoms with E-state index in [1.165, 1.54) is 13.2 Å². The van der Waals surface area contributed by atoms with Crippen LogP contribution in [0.1, 0.15) is 41.4 Å². The monoisotopic (exact) mass is 1510 g/mol. The van der Waals surface area contributed by atoms with Crippen LogP contribution in [0.5, 0.6) is 0 Å². The number of carbonyl (C=O) groups excluding carboxylic acids is 6. The van der Waals surface area contributed by atoms with Crippen LogP contribution in [0.25, 0.3) is 0 Å². The minimum atomic E-state index is -1.59. The van der Waals surface area contributed by atoms with Crippen LogP contribution in [0.2, 0.25) is 0 Å². The molecule has 21 nitrogen and oxygen atoms in total. The fourth-order valence-corrected chi connectivity index (χ4v) is 11.6. The second-order valence-corrected chi connectivity index (χ2v) is 18.6. The van der Waals surface area contributed by atoms with Gasteiger partial charge in [-0.25, -0.2) is 0 Å². The van der Waals surface area contributed by atoms with Gasteiger partial charge in [-0.1, -0.05) is 0 Å². The van der Waals surface area contributed by atoms with Gasteiger partial charge in [0.2, 0.25) is 5.91 Å². The number of ether oxygens (including phenoxy) is 1. The number of methoxy groups -OCH3 is 1. The fourth-order valence-electron chi connectivity index (χ4n) is 4.63. The molecule has 0 saturated heterocycles. The molecule has 0 aromatic heterocycles. The molecular weight excluding hydrogens is 1470 g/mol. The molecule has 6 unspecified atom stereocenters. The van der Waals surface area contributed by atoms with Gasteiger partial charge in [-0.3, -0.25) is 28.8 Å². The third kappa shape index (κ3) is 14.7. The summed E-state index contributed by atoms with van der Waals surface area (Å²) < 4.78 is 3.92. The summed E-state index contributed by atoms with van der Waals surface area (Å²) in [5.74, 6) is -5.09. The lowest BCUT2D eigenvalue weighted by atomic mass is 10.1. The summed E-state index contributed by atoms with van der Waals surface area (Å²) in [6, 6.07) is -1.52. The molecule has 2 rings (SSSR count). The maximum atomic E-state index is 13.8. The first-order chi connectivity index (χ1) is 27.7. The van der Waals surface area contributed by atoms with E-state index in [1.54, 1.807) is 136 Å². The Kier molecular flexibility index (Phi) is 24.1. The highest BCUT2D eigenvalue weighted by Gasteiger charge is 2.33. The molecule has 0 aliphatic rings. The third-order valence-electron chi connectivity index (χ3n) is 7.78. The first-order valence-electron chi connectivity index (χ1n) is 16.5. The molecule has 0 radical (unpaired) electrons. The number of aliphatic hydroxyl groups excluding tert-OH is 8. The Bertz CT molecular complexity index is 1840. The quantitative estimate of drug-likeness (QED) is 0.0380. The lowest BCUT2D eigenvalue weighted by Crippen LogP contribution is -2.48. The molecule has 0 spiro atoms. The molecule has 2 aromatic rings. The molecule has 27 heteroatoms. The van der Waals surface area contributed by atoms with Gasteiger partial charge in [0.15, 0.2) is 4.05 Å². The molecule has 0 bridgehead atoms. The van der Waals surface area contributed by atoms with Crippen molar-refractivity contribution in [2.75, 3.05) is 63.9 Å². The van der Waals surface area contributed by atoms with Gasteiger partial charge in [0, 0.05) is 17.2 Å². The molecule has 2 aromatic carbocycles. The number of nitrogens with one attached hydrogen (secondary N) is 6. The number of carbonyl (C=O) groups is 6. The van der Waals surface area contributed by atoms with Crippen LogP contribution < -0.4 is 31.9 Å². The highest BCUT2D eigenvalue weighted by molar-refractivity contribution is 14.1. The lowest BCUT2D eigenvalue weighted by molar-refractivity contribution is -0.119. The number of anilines is 2. The largest absolute Gasteiger partial charge is 0.394 e. The number of halogens is 6. The molecule has 328 valence electrons. The van der Waals surface area contributed by atoms with Crippen molar-refractivity contribution in [1.82, 2.24) is 21.3 Å². The van der Waals surface area contributed by atoms with Gasteiger partial charge in [-0.05, 0) is 142 Å². The third-order valence-corrected chi connectivity index (χ3v) is 14.1. The summed E-state index contributed by atoms with van der Waals surface area (Å²) in [7, 11) is 1.29. The van der Waals surface area contributed by atoms with Gasteiger partial charge in [-0.2, -0.15) is 0 Å². The Morgan fingerprint density at radius 1 is 0.610 bits per heavy atom. The van der Waals surface area contributed by atoms with Crippen molar-refractivity contribution in [2.24, 2.45) is 0 Å². The predicted molar refractivity (Wildman–Crippen MR) is 259 cm³/mol. The van der Waals surface area contributed by atoms with Crippen LogP contribution in [0, 0.1) is 17.9 Å². The number of hydrogen-bond donors (Lipinski definition) is 14. The van der Waals surface area contributed by atoms with Gasteiger partial charge >= 0.3 is 0 Å². The topological polar surface area (TPSA) is 346 Å². The van der Waals surface area contributed by atoms with Gasteiger partial charge in [0.1, 0.15) is 6.61 Å². The minimum Gasteiger partial charge on any atom is -0.394 e. The van der Waals surface area contributed by atoms with Crippen molar-refractivity contribution in [3.8, 4) is 0 Å². The molecule has 6 amide bonds. The summed E-state index contributed by atoms with van der Waals surface area (Å²) in [5, 5.41) is 92.3. The average molecular weight is 1510 g/mol. The smallest absolute Gasteiger partial charge is 0.257 e. The van der Waals surface area contributed by atoms with Gasteiger partial charge in [-0.15, -0.1) is 0 Å². The summed E-state index contributed by atoms with van der Waals surface area (Å²) in [5.41, 5.74) is -0.793. The fraction of sp³-hybridized carbons (Fsp3) is 0.438. The first-order valence-corrected chi connectivity index (χ1v) is 23.1. The number of rotatable bonds is 21. The zero-order valence-electron chi connectivity index (χ0n) is 30.2. The Morgan fingerprint density at radius 3 is 1.49 bits per heavy atom. The molecule has 0 aliphatic carbocycles. The summed E-state index contributed by atoms with van der Waals surface area (Å²) in [4.78, 5) is 80.7. The molecule has 0 aliphatic heterocycles. The van der Waals surface area contributed by atoms with Crippen LogP contribution in [-0.4, -0.2) is 164 Å². The van der Waals surface area contributed by atoms with Crippen molar-refractivity contribution < 1.29 is 74.4 Å². The van der Waals surface area contributed by atoms with E-state index in [2.05, 4.69) is 31.9 Å². The number of alkyl halides is 1. The SMILES string of the molecule is COCC(=O)Nc1c(I)c(C(=O)NCC(O)CO)cc(C(=O)NC(I)C(=O)Nc2c(I)c(C(=O)NC(CO)C(O)CO)c(I)c(C(=O)NC(CO)C(O)CO)c2I)c1I. The van der Waals surface area contributed by atoms with Crippen molar-refractivity contribution in [3.05, 3.63) is 46.2 Å². The molecular formula is C32H38I6N6O15.